The first kappa shape index (κ1) is 14.8. The summed E-state index contributed by atoms with van der Waals surface area (Å²) < 4.78 is 7.91. The van der Waals surface area contributed by atoms with Crippen LogP contribution in [0.4, 0.5) is 0 Å². The van der Waals surface area contributed by atoms with E-state index in [9.17, 15) is 0 Å². The van der Waals surface area contributed by atoms with Crippen LogP contribution in [0.2, 0.25) is 0 Å². The normalized spacial score (nSPS) is 25.6. The highest BCUT2D eigenvalue weighted by Gasteiger charge is 2.39. The molecule has 0 bridgehead atoms. The van der Waals surface area contributed by atoms with Gasteiger partial charge in [0.25, 0.3) is 0 Å². The van der Waals surface area contributed by atoms with Gasteiger partial charge in [-0.15, -0.1) is 0 Å². The van der Waals surface area contributed by atoms with Crippen molar-refractivity contribution >= 4 is 0 Å². The van der Waals surface area contributed by atoms with Crippen molar-refractivity contribution in [3.8, 4) is 0 Å². The Balaban J connectivity index is 1.36. The van der Waals surface area contributed by atoms with Gasteiger partial charge in [-0.05, 0) is 5.56 Å². The lowest BCUT2D eigenvalue weighted by Crippen LogP contribution is -2.50. The van der Waals surface area contributed by atoms with Crippen LogP contribution in [-0.2, 0) is 17.8 Å². The van der Waals surface area contributed by atoms with Crippen molar-refractivity contribution in [1.82, 2.24) is 24.6 Å². The van der Waals surface area contributed by atoms with Gasteiger partial charge in [0.05, 0.1) is 25.3 Å². The number of morpholine rings is 1. The Morgan fingerprint density at radius 3 is 2.87 bits per heavy atom. The van der Waals surface area contributed by atoms with Crippen LogP contribution in [0.1, 0.15) is 5.56 Å². The van der Waals surface area contributed by atoms with E-state index in [-0.39, 0.29) is 0 Å². The second-order valence-corrected chi connectivity index (χ2v) is 6.35. The maximum Gasteiger partial charge on any atom is 0.137 e. The van der Waals surface area contributed by atoms with E-state index in [4.69, 9.17) is 4.74 Å². The van der Waals surface area contributed by atoms with Crippen molar-refractivity contribution in [2.45, 2.75) is 25.2 Å². The summed E-state index contributed by atoms with van der Waals surface area (Å²) in [5.41, 5.74) is 1.38. The van der Waals surface area contributed by atoms with E-state index < -0.39 is 0 Å². The van der Waals surface area contributed by atoms with Crippen LogP contribution in [0, 0.1) is 0 Å². The van der Waals surface area contributed by atoms with Crippen molar-refractivity contribution in [3.05, 3.63) is 48.5 Å². The maximum atomic E-state index is 6.02. The second-order valence-electron chi connectivity index (χ2n) is 6.35. The number of likely N-dealkylation sites (tertiary alicyclic amines) is 1. The Morgan fingerprint density at radius 1 is 1.13 bits per heavy atom. The molecule has 122 valence electrons. The zero-order valence-corrected chi connectivity index (χ0v) is 13.3. The fraction of sp³-hybridized carbons (Fsp3) is 0.529. The molecule has 0 radical (unpaired) electrons. The molecule has 0 aliphatic carbocycles. The third kappa shape index (κ3) is 3.44. The lowest BCUT2D eigenvalue weighted by atomic mass is 10.1. The molecule has 1 aromatic carbocycles. The zero-order chi connectivity index (χ0) is 15.5. The first-order valence-electron chi connectivity index (χ1n) is 8.33. The summed E-state index contributed by atoms with van der Waals surface area (Å²) in [6.45, 7) is 6.86. The molecule has 4 rings (SSSR count). The van der Waals surface area contributed by atoms with Gasteiger partial charge in [0.15, 0.2) is 0 Å². The highest BCUT2D eigenvalue weighted by atomic mass is 16.5. The van der Waals surface area contributed by atoms with Crippen LogP contribution >= 0.6 is 0 Å². The molecule has 0 spiro atoms. The average molecular weight is 313 g/mol. The Morgan fingerprint density at radius 2 is 2.04 bits per heavy atom. The topological polar surface area (TPSA) is 46.4 Å². The minimum Gasteiger partial charge on any atom is -0.374 e. The number of rotatable bonds is 5. The van der Waals surface area contributed by atoms with Crippen molar-refractivity contribution < 1.29 is 4.74 Å². The van der Waals surface area contributed by atoms with Gasteiger partial charge in [0.1, 0.15) is 12.7 Å². The third-order valence-electron chi connectivity index (χ3n) is 4.83. The largest absolute Gasteiger partial charge is 0.374 e. The molecule has 0 saturated carbocycles. The predicted octanol–water partition coefficient (Wildman–Crippen LogP) is 0.863. The average Bonchev–Trinajstić information content (AvgIpc) is 3.23. The van der Waals surface area contributed by atoms with Crippen LogP contribution < -0.4 is 0 Å². The van der Waals surface area contributed by atoms with E-state index in [2.05, 4.69) is 50.2 Å². The number of aromatic nitrogens is 3. The van der Waals surface area contributed by atoms with Crippen molar-refractivity contribution in [3.63, 3.8) is 0 Å². The number of nitrogens with zero attached hydrogens (tertiary/aromatic N) is 5. The zero-order valence-electron chi connectivity index (χ0n) is 13.3. The molecule has 0 unspecified atom stereocenters. The molecule has 2 saturated heterocycles. The molecule has 1 aromatic heterocycles. The summed E-state index contributed by atoms with van der Waals surface area (Å²) in [7, 11) is 0. The highest BCUT2D eigenvalue weighted by Crippen LogP contribution is 2.24. The summed E-state index contributed by atoms with van der Waals surface area (Å²) >= 11 is 0. The SMILES string of the molecule is c1ccc(CN2CCO[C@@H]3CN(CCn4cncn4)C[C@H]32)cc1. The van der Waals surface area contributed by atoms with E-state index >= 15 is 0 Å². The van der Waals surface area contributed by atoms with Crippen LogP contribution in [0.3, 0.4) is 0 Å². The van der Waals surface area contributed by atoms with Crippen LogP contribution in [0.5, 0.6) is 0 Å². The quantitative estimate of drug-likeness (QED) is 0.819. The number of ether oxygens (including phenoxy) is 1. The first-order valence-corrected chi connectivity index (χ1v) is 8.33. The maximum absolute atomic E-state index is 6.02. The fourth-order valence-electron chi connectivity index (χ4n) is 3.62. The molecule has 2 aliphatic heterocycles. The molecule has 2 atom stereocenters. The number of hydrogen-bond acceptors (Lipinski definition) is 5. The molecule has 2 aromatic rings. The monoisotopic (exact) mass is 313 g/mol. The highest BCUT2D eigenvalue weighted by molar-refractivity contribution is 5.15. The Hall–Kier alpha value is -1.76. The van der Waals surface area contributed by atoms with Gasteiger partial charge in [-0.2, -0.15) is 5.10 Å². The Labute approximate surface area is 136 Å². The van der Waals surface area contributed by atoms with Gasteiger partial charge >= 0.3 is 0 Å². The molecule has 6 nitrogen and oxygen atoms in total. The van der Waals surface area contributed by atoms with Gasteiger partial charge < -0.3 is 4.74 Å². The predicted molar refractivity (Wildman–Crippen MR) is 86.8 cm³/mol. The van der Waals surface area contributed by atoms with Gasteiger partial charge in [-0.25, -0.2) is 4.98 Å². The molecule has 0 amide bonds. The van der Waals surface area contributed by atoms with Crippen molar-refractivity contribution in [2.75, 3.05) is 32.8 Å². The van der Waals surface area contributed by atoms with Crippen LogP contribution in [-0.4, -0.2) is 69.5 Å². The molecule has 3 heterocycles. The van der Waals surface area contributed by atoms with Crippen LogP contribution in [0.15, 0.2) is 43.0 Å². The second kappa shape index (κ2) is 6.78. The van der Waals surface area contributed by atoms with E-state index in [0.29, 0.717) is 12.1 Å². The van der Waals surface area contributed by atoms with Gasteiger partial charge in [0, 0.05) is 32.7 Å². The minimum absolute atomic E-state index is 0.336. The molecule has 0 N–H and O–H groups in total. The molecule has 2 aliphatic rings. The van der Waals surface area contributed by atoms with Crippen molar-refractivity contribution in [1.29, 1.82) is 0 Å². The lowest BCUT2D eigenvalue weighted by Gasteiger charge is -2.37. The number of hydrogen-bond donors (Lipinski definition) is 0. The lowest BCUT2D eigenvalue weighted by molar-refractivity contribution is -0.0504. The smallest absolute Gasteiger partial charge is 0.137 e. The summed E-state index contributed by atoms with van der Waals surface area (Å²) in [4.78, 5) is 9.07. The van der Waals surface area contributed by atoms with E-state index in [1.165, 1.54) is 5.56 Å². The number of benzene rings is 1. The fourth-order valence-corrected chi connectivity index (χ4v) is 3.62. The van der Waals surface area contributed by atoms with E-state index in [1.807, 2.05) is 4.68 Å². The Kier molecular flexibility index (Phi) is 4.37. The molecular formula is C17H23N5O. The number of fused-ring (bicyclic) bond motifs is 1. The molecule has 23 heavy (non-hydrogen) atoms. The standard InChI is InChI=1S/C17H23N5O/c1-2-4-15(5-3-1)10-21-8-9-23-17-12-20(11-16(17)21)6-7-22-14-18-13-19-22/h1-5,13-14,16-17H,6-12H2/t16-,17-/m1/s1. The molecule has 6 heteroatoms. The first-order chi connectivity index (χ1) is 11.4. The van der Waals surface area contributed by atoms with Crippen LogP contribution in [0.25, 0.3) is 0 Å². The summed E-state index contributed by atoms with van der Waals surface area (Å²) in [5, 5.41) is 4.18. The summed E-state index contributed by atoms with van der Waals surface area (Å²) in [6.07, 6.45) is 3.71. The van der Waals surface area contributed by atoms with Gasteiger partial charge in [-0.1, -0.05) is 30.3 Å². The Bertz CT molecular complexity index is 603. The minimum atomic E-state index is 0.336. The van der Waals surface area contributed by atoms with Crippen molar-refractivity contribution in [2.24, 2.45) is 0 Å². The van der Waals surface area contributed by atoms with Gasteiger partial charge in [-0.3, -0.25) is 14.5 Å². The van der Waals surface area contributed by atoms with E-state index in [0.717, 1.165) is 45.9 Å². The molecular weight excluding hydrogens is 290 g/mol. The van der Waals surface area contributed by atoms with Gasteiger partial charge in [0.2, 0.25) is 0 Å². The third-order valence-corrected chi connectivity index (χ3v) is 4.83. The summed E-state index contributed by atoms with van der Waals surface area (Å²) in [5.74, 6) is 0. The molecule has 2 fully saturated rings. The van der Waals surface area contributed by atoms with E-state index in [1.54, 1.807) is 12.7 Å². The summed E-state index contributed by atoms with van der Waals surface area (Å²) in [6, 6.07) is 11.2.